The summed E-state index contributed by atoms with van der Waals surface area (Å²) in [4.78, 5) is 2.57. The van der Waals surface area contributed by atoms with Gasteiger partial charge < -0.3 is 4.90 Å². The summed E-state index contributed by atoms with van der Waals surface area (Å²) >= 11 is 0. The number of rotatable bonds is 7. The molecule has 1 heterocycles. The topological polar surface area (TPSA) is 39.1 Å². The Kier molecular flexibility index (Phi) is 6.48. The van der Waals surface area contributed by atoms with Crippen molar-refractivity contribution in [3.8, 4) is 6.07 Å². The van der Waals surface area contributed by atoms with E-state index in [1.807, 2.05) is 6.92 Å². The second-order valence-electron chi connectivity index (χ2n) is 7.35. The lowest BCUT2D eigenvalue weighted by molar-refractivity contribution is 0.112. The molecule has 3 nitrogen and oxygen atoms in total. The Balaban J connectivity index is 2.30. The number of nitrogens with one attached hydrogen (secondary N) is 1. The molecule has 0 aromatic heterocycles. The number of nitriles is 1. The average Bonchev–Trinajstić information content (AvgIpc) is 2.40. The van der Waals surface area contributed by atoms with Crippen molar-refractivity contribution >= 4 is 0 Å². The lowest BCUT2D eigenvalue weighted by Gasteiger charge is -2.39. The predicted octanol–water partition coefficient (Wildman–Crippen LogP) is 3.56. The van der Waals surface area contributed by atoms with Gasteiger partial charge >= 0.3 is 0 Å². The van der Waals surface area contributed by atoms with E-state index in [4.69, 9.17) is 0 Å². The summed E-state index contributed by atoms with van der Waals surface area (Å²) in [6, 6.07) is 2.80. The van der Waals surface area contributed by atoms with Gasteiger partial charge in [-0.25, -0.2) is 0 Å². The van der Waals surface area contributed by atoms with E-state index in [1.54, 1.807) is 0 Å². The van der Waals surface area contributed by atoms with E-state index in [0.29, 0.717) is 11.5 Å². The molecule has 1 fully saturated rings. The molecule has 1 N–H and O–H groups in total. The van der Waals surface area contributed by atoms with Crippen molar-refractivity contribution < 1.29 is 0 Å². The van der Waals surface area contributed by atoms with Crippen LogP contribution in [0.25, 0.3) is 0 Å². The SMILES string of the molecule is CCC1(C)CCN(CCCC(C)(C#N)NC(C)C)CC1. The van der Waals surface area contributed by atoms with Crippen LogP contribution < -0.4 is 5.32 Å². The zero-order valence-corrected chi connectivity index (χ0v) is 14.1. The molecule has 0 aromatic carbocycles. The lowest BCUT2D eigenvalue weighted by Crippen LogP contribution is -2.45. The van der Waals surface area contributed by atoms with Crippen molar-refractivity contribution in [3.63, 3.8) is 0 Å². The Morgan fingerprint density at radius 3 is 2.40 bits per heavy atom. The van der Waals surface area contributed by atoms with Crippen LogP contribution in [-0.2, 0) is 0 Å². The highest BCUT2D eigenvalue weighted by Crippen LogP contribution is 2.33. The minimum atomic E-state index is -0.373. The van der Waals surface area contributed by atoms with Crippen LogP contribution in [0.4, 0.5) is 0 Å². The molecular formula is C17H33N3. The molecule has 116 valence electrons. The van der Waals surface area contributed by atoms with Gasteiger partial charge in [0.25, 0.3) is 0 Å². The van der Waals surface area contributed by atoms with Crippen LogP contribution in [0.15, 0.2) is 0 Å². The van der Waals surface area contributed by atoms with Crippen molar-refractivity contribution in [1.29, 1.82) is 5.26 Å². The molecule has 1 rings (SSSR count). The molecule has 1 aliphatic heterocycles. The van der Waals surface area contributed by atoms with Crippen molar-refractivity contribution in [2.45, 2.75) is 78.3 Å². The van der Waals surface area contributed by atoms with Crippen molar-refractivity contribution in [2.24, 2.45) is 5.41 Å². The molecule has 0 saturated carbocycles. The fourth-order valence-electron chi connectivity index (χ4n) is 3.12. The zero-order valence-electron chi connectivity index (χ0n) is 14.1. The van der Waals surface area contributed by atoms with E-state index in [1.165, 1.54) is 32.4 Å². The maximum absolute atomic E-state index is 9.35. The van der Waals surface area contributed by atoms with Gasteiger partial charge in [-0.15, -0.1) is 0 Å². The van der Waals surface area contributed by atoms with Crippen molar-refractivity contribution in [1.82, 2.24) is 10.2 Å². The summed E-state index contributed by atoms with van der Waals surface area (Å²) in [5.41, 5.74) is 0.193. The largest absolute Gasteiger partial charge is 0.303 e. The summed E-state index contributed by atoms with van der Waals surface area (Å²) in [5.74, 6) is 0. The Hall–Kier alpha value is -0.590. The summed E-state index contributed by atoms with van der Waals surface area (Å²) in [6.45, 7) is 14.6. The van der Waals surface area contributed by atoms with E-state index < -0.39 is 0 Å². The zero-order chi connectivity index (χ0) is 15.2. The quantitative estimate of drug-likeness (QED) is 0.774. The van der Waals surface area contributed by atoms with Gasteiger partial charge in [0.1, 0.15) is 5.54 Å². The van der Waals surface area contributed by atoms with Gasteiger partial charge in [-0.2, -0.15) is 5.26 Å². The number of likely N-dealkylation sites (tertiary alicyclic amines) is 1. The Labute approximate surface area is 125 Å². The first-order chi connectivity index (χ1) is 9.32. The van der Waals surface area contributed by atoms with E-state index in [0.717, 1.165) is 19.4 Å². The highest BCUT2D eigenvalue weighted by Gasteiger charge is 2.29. The van der Waals surface area contributed by atoms with Gasteiger partial charge in [0.15, 0.2) is 0 Å². The molecule has 0 aromatic rings. The van der Waals surface area contributed by atoms with Gasteiger partial charge in [0, 0.05) is 6.04 Å². The summed E-state index contributed by atoms with van der Waals surface area (Å²) in [7, 11) is 0. The fourth-order valence-corrected chi connectivity index (χ4v) is 3.12. The van der Waals surface area contributed by atoms with Crippen molar-refractivity contribution in [2.75, 3.05) is 19.6 Å². The minimum absolute atomic E-state index is 0.361. The van der Waals surface area contributed by atoms with Crippen LogP contribution in [-0.4, -0.2) is 36.1 Å². The van der Waals surface area contributed by atoms with Gasteiger partial charge in [-0.05, 0) is 71.5 Å². The lowest BCUT2D eigenvalue weighted by atomic mass is 9.78. The van der Waals surface area contributed by atoms with Crippen LogP contribution >= 0.6 is 0 Å². The van der Waals surface area contributed by atoms with Gasteiger partial charge in [-0.1, -0.05) is 20.3 Å². The molecule has 1 atom stereocenters. The first kappa shape index (κ1) is 17.5. The van der Waals surface area contributed by atoms with Gasteiger partial charge in [0.2, 0.25) is 0 Å². The van der Waals surface area contributed by atoms with Crippen LogP contribution in [0.2, 0.25) is 0 Å². The third-order valence-corrected chi connectivity index (χ3v) is 4.92. The monoisotopic (exact) mass is 279 g/mol. The average molecular weight is 279 g/mol. The normalized spacial score (nSPS) is 22.4. The Morgan fingerprint density at radius 2 is 1.95 bits per heavy atom. The van der Waals surface area contributed by atoms with Crippen LogP contribution in [0.5, 0.6) is 0 Å². The smallest absolute Gasteiger partial charge is 0.104 e. The molecule has 3 heteroatoms. The molecule has 0 bridgehead atoms. The van der Waals surface area contributed by atoms with Crippen LogP contribution in [0.3, 0.4) is 0 Å². The van der Waals surface area contributed by atoms with Crippen LogP contribution in [0.1, 0.15) is 66.7 Å². The number of nitrogens with zero attached hydrogens (tertiary/aromatic N) is 2. The minimum Gasteiger partial charge on any atom is -0.303 e. The van der Waals surface area contributed by atoms with E-state index >= 15 is 0 Å². The first-order valence-electron chi connectivity index (χ1n) is 8.24. The molecule has 0 amide bonds. The van der Waals surface area contributed by atoms with Crippen LogP contribution in [0, 0.1) is 16.7 Å². The maximum atomic E-state index is 9.35. The van der Waals surface area contributed by atoms with Gasteiger partial charge in [0.05, 0.1) is 6.07 Å². The fraction of sp³-hybridized carbons (Fsp3) is 0.941. The second kappa shape index (κ2) is 7.43. The highest BCUT2D eigenvalue weighted by molar-refractivity contribution is 5.04. The number of hydrogen-bond acceptors (Lipinski definition) is 3. The molecule has 0 aliphatic carbocycles. The summed E-state index contributed by atoms with van der Waals surface area (Å²) in [5, 5.41) is 12.7. The highest BCUT2D eigenvalue weighted by atomic mass is 15.1. The summed E-state index contributed by atoms with van der Waals surface area (Å²) < 4.78 is 0. The number of piperidine rings is 1. The standard InChI is InChI=1S/C17H33N3/c1-6-16(4)9-12-20(13-10-16)11-7-8-17(5,14-18)19-15(2)3/h15,19H,6-13H2,1-5H3. The van der Waals surface area contributed by atoms with Crippen molar-refractivity contribution in [3.05, 3.63) is 0 Å². The predicted molar refractivity (Wildman–Crippen MR) is 85.6 cm³/mol. The summed E-state index contributed by atoms with van der Waals surface area (Å²) in [6.07, 6.45) is 5.98. The molecule has 1 unspecified atom stereocenters. The molecule has 1 aliphatic rings. The van der Waals surface area contributed by atoms with Gasteiger partial charge in [-0.3, -0.25) is 5.32 Å². The Bertz CT molecular complexity index is 324. The third-order valence-electron chi connectivity index (χ3n) is 4.92. The molecule has 1 saturated heterocycles. The number of hydrogen-bond donors (Lipinski definition) is 1. The first-order valence-corrected chi connectivity index (χ1v) is 8.24. The van der Waals surface area contributed by atoms with E-state index in [9.17, 15) is 5.26 Å². The van der Waals surface area contributed by atoms with E-state index in [2.05, 4.69) is 44.0 Å². The molecule has 0 spiro atoms. The molecule has 20 heavy (non-hydrogen) atoms. The second-order valence-corrected chi connectivity index (χ2v) is 7.35. The van der Waals surface area contributed by atoms with E-state index in [-0.39, 0.29) is 5.54 Å². The maximum Gasteiger partial charge on any atom is 0.104 e. The Morgan fingerprint density at radius 1 is 1.35 bits per heavy atom. The molecule has 0 radical (unpaired) electrons. The third kappa shape index (κ3) is 5.42. The molecular weight excluding hydrogens is 246 g/mol.